The molecule has 2 aromatic rings. The summed E-state index contributed by atoms with van der Waals surface area (Å²) in [6.45, 7) is 2.11. The molecule has 4 heteroatoms. The molecule has 1 amide bonds. The van der Waals surface area contributed by atoms with Gasteiger partial charge in [-0.15, -0.1) is 0 Å². The predicted octanol–water partition coefficient (Wildman–Crippen LogP) is 3.57. The zero-order chi connectivity index (χ0) is 17.4. The van der Waals surface area contributed by atoms with Crippen LogP contribution in [0.15, 0.2) is 54.6 Å². The quantitative estimate of drug-likeness (QED) is 0.912. The van der Waals surface area contributed by atoms with Crippen LogP contribution in [0.4, 0.5) is 0 Å². The van der Waals surface area contributed by atoms with Gasteiger partial charge in [-0.05, 0) is 48.6 Å². The molecule has 25 heavy (non-hydrogen) atoms. The molecule has 1 saturated carbocycles. The molecule has 130 valence electrons. The van der Waals surface area contributed by atoms with Crippen molar-refractivity contribution in [3.05, 3.63) is 70.7 Å². The van der Waals surface area contributed by atoms with Gasteiger partial charge in [0.05, 0.1) is 5.41 Å². The Hall–Kier alpha value is -1.84. The third-order valence-corrected chi connectivity index (χ3v) is 6.03. The number of halogens is 1. The SMILES string of the molecule is NC[C@@H]1CN(C(=O)C2(c3cccc(Cl)c3)CC2)C[C@H]1c1ccccc1. The predicted molar refractivity (Wildman–Crippen MR) is 101 cm³/mol. The van der Waals surface area contributed by atoms with E-state index in [1.165, 1.54) is 5.56 Å². The van der Waals surface area contributed by atoms with E-state index in [0.29, 0.717) is 23.4 Å². The molecule has 2 aliphatic rings. The fraction of sp³-hybridized carbons (Fsp3) is 0.381. The normalized spacial score (nSPS) is 24.3. The number of amides is 1. The summed E-state index contributed by atoms with van der Waals surface area (Å²) in [7, 11) is 0. The van der Waals surface area contributed by atoms with Gasteiger partial charge in [0, 0.05) is 24.0 Å². The molecular formula is C21H23ClN2O. The van der Waals surface area contributed by atoms with Crippen LogP contribution in [0.2, 0.25) is 5.02 Å². The molecule has 2 fully saturated rings. The number of carbonyl (C=O) groups is 1. The highest BCUT2D eigenvalue weighted by molar-refractivity contribution is 6.30. The number of hydrogen-bond donors (Lipinski definition) is 1. The van der Waals surface area contributed by atoms with E-state index >= 15 is 0 Å². The topological polar surface area (TPSA) is 46.3 Å². The van der Waals surface area contributed by atoms with E-state index in [9.17, 15) is 4.79 Å². The fourth-order valence-electron chi connectivity index (χ4n) is 4.19. The second-order valence-corrected chi connectivity index (χ2v) is 7.75. The van der Waals surface area contributed by atoms with Crippen molar-refractivity contribution < 1.29 is 4.79 Å². The van der Waals surface area contributed by atoms with E-state index in [2.05, 4.69) is 24.3 Å². The lowest BCUT2D eigenvalue weighted by molar-refractivity contribution is -0.133. The van der Waals surface area contributed by atoms with E-state index < -0.39 is 0 Å². The molecular weight excluding hydrogens is 332 g/mol. The summed E-state index contributed by atoms with van der Waals surface area (Å²) < 4.78 is 0. The Balaban J connectivity index is 1.57. The molecule has 1 heterocycles. The Morgan fingerprint density at radius 3 is 2.52 bits per heavy atom. The smallest absolute Gasteiger partial charge is 0.233 e. The number of nitrogens with two attached hydrogens (primary N) is 1. The highest BCUT2D eigenvalue weighted by Gasteiger charge is 2.54. The maximum atomic E-state index is 13.3. The van der Waals surface area contributed by atoms with Crippen LogP contribution >= 0.6 is 11.6 Å². The lowest BCUT2D eigenvalue weighted by atomic mass is 9.89. The highest BCUT2D eigenvalue weighted by atomic mass is 35.5. The van der Waals surface area contributed by atoms with Crippen molar-refractivity contribution in [2.45, 2.75) is 24.2 Å². The summed E-state index contributed by atoms with van der Waals surface area (Å²) in [5.74, 6) is 0.887. The van der Waals surface area contributed by atoms with Crippen molar-refractivity contribution in [3.8, 4) is 0 Å². The molecule has 0 radical (unpaired) electrons. The lowest BCUT2D eigenvalue weighted by Gasteiger charge is -2.24. The van der Waals surface area contributed by atoms with E-state index in [4.69, 9.17) is 17.3 Å². The first kappa shape index (κ1) is 16.6. The van der Waals surface area contributed by atoms with Crippen LogP contribution in [0, 0.1) is 5.92 Å². The molecule has 0 unspecified atom stereocenters. The number of nitrogens with zero attached hydrogens (tertiary/aromatic N) is 1. The van der Waals surface area contributed by atoms with Crippen LogP contribution in [0.3, 0.4) is 0 Å². The van der Waals surface area contributed by atoms with Crippen molar-refractivity contribution >= 4 is 17.5 Å². The van der Waals surface area contributed by atoms with Gasteiger partial charge in [-0.25, -0.2) is 0 Å². The average molecular weight is 355 g/mol. The highest BCUT2D eigenvalue weighted by Crippen LogP contribution is 2.51. The number of likely N-dealkylation sites (tertiary alicyclic amines) is 1. The second kappa shape index (κ2) is 6.47. The van der Waals surface area contributed by atoms with E-state index in [1.807, 2.05) is 35.2 Å². The first-order valence-electron chi connectivity index (χ1n) is 8.94. The fourth-order valence-corrected chi connectivity index (χ4v) is 4.38. The standard InChI is InChI=1S/C21H23ClN2O/c22-18-8-4-7-17(11-18)21(9-10-21)20(25)24-13-16(12-23)19(14-24)15-5-2-1-3-6-15/h1-8,11,16,19H,9-10,12-14,23H2/t16-,19+/m1/s1. The van der Waals surface area contributed by atoms with Crippen LogP contribution in [0.25, 0.3) is 0 Å². The average Bonchev–Trinajstić information content (AvgIpc) is 3.34. The molecule has 0 aromatic heterocycles. The maximum Gasteiger partial charge on any atom is 0.233 e. The first-order valence-corrected chi connectivity index (χ1v) is 9.32. The number of carbonyl (C=O) groups excluding carboxylic acids is 1. The van der Waals surface area contributed by atoms with Gasteiger partial charge in [0.15, 0.2) is 0 Å². The van der Waals surface area contributed by atoms with Crippen molar-refractivity contribution in [2.75, 3.05) is 19.6 Å². The summed E-state index contributed by atoms with van der Waals surface area (Å²) in [4.78, 5) is 15.4. The molecule has 2 aromatic carbocycles. The van der Waals surface area contributed by atoms with Crippen molar-refractivity contribution in [1.82, 2.24) is 4.90 Å². The summed E-state index contributed by atoms with van der Waals surface area (Å²) in [6, 6.07) is 18.2. The zero-order valence-electron chi connectivity index (χ0n) is 14.2. The largest absolute Gasteiger partial charge is 0.341 e. The Bertz CT molecular complexity index is 772. The van der Waals surface area contributed by atoms with Gasteiger partial charge in [0.1, 0.15) is 0 Å². The summed E-state index contributed by atoms with van der Waals surface area (Å²) in [5, 5.41) is 0.694. The molecule has 2 N–H and O–H groups in total. The summed E-state index contributed by atoms with van der Waals surface area (Å²) in [6.07, 6.45) is 1.82. The minimum absolute atomic E-state index is 0.242. The third-order valence-electron chi connectivity index (χ3n) is 5.80. The van der Waals surface area contributed by atoms with E-state index in [-0.39, 0.29) is 11.3 Å². The molecule has 0 spiro atoms. The second-order valence-electron chi connectivity index (χ2n) is 7.32. The number of rotatable bonds is 4. The van der Waals surface area contributed by atoms with Crippen LogP contribution in [0.1, 0.15) is 29.9 Å². The molecule has 1 aliphatic carbocycles. The van der Waals surface area contributed by atoms with Gasteiger partial charge in [-0.1, -0.05) is 54.1 Å². The Morgan fingerprint density at radius 1 is 1.12 bits per heavy atom. The van der Waals surface area contributed by atoms with Gasteiger partial charge < -0.3 is 10.6 Å². The van der Waals surface area contributed by atoms with E-state index in [0.717, 1.165) is 31.5 Å². The Morgan fingerprint density at radius 2 is 1.88 bits per heavy atom. The zero-order valence-corrected chi connectivity index (χ0v) is 15.0. The molecule has 0 bridgehead atoms. The molecule has 3 nitrogen and oxygen atoms in total. The summed E-state index contributed by atoms with van der Waals surface area (Å²) in [5.41, 5.74) is 7.99. The van der Waals surface area contributed by atoms with Crippen molar-refractivity contribution in [3.63, 3.8) is 0 Å². The van der Waals surface area contributed by atoms with Crippen LogP contribution < -0.4 is 5.73 Å². The molecule has 2 atom stereocenters. The maximum absolute atomic E-state index is 13.3. The molecule has 1 aliphatic heterocycles. The Labute approximate surface area is 153 Å². The molecule has 1 saturated heterocycles. The minimum Gasteiger partial charge on any atom is -0.341 e. The van der Waals surface area contributed by atoms with Gasteiger partial charge in [-0.2, -0.15) is 0 Å². The van der Waals surface area contributed by atoms with Crippen LogP contribution in [0.5, 0.6) is 0 Å². The van der Waals surface area contributed by atoms with Crippen molar-refractivity contribution in [2.24, 2.45) is 11.7 Å². The minimum atomic E-state index is -0.365. The van der Waals surface area contributed by atoms with Gasteiger partial charge in [0.2, 0.25) is 5.91 Å². The molecule has 4 rings (SSSR count). The lowest BCUT2D eigenvalue weighted by Crippen LogP contribution is -2.38. The number of benzene rings is 2. The number of hydrogen-bond acceptors (Lipinski definition) is 2. The van der Waals surface area contributed by atoms with Gasteiger partial charge >= 0.3 is 0 Å². The first-order chi connectivity index (χ1) is 12.1. The summed E-state index contributed by atoms with van der Waals surface area (Å²) >= 11 is 6.15. The van der Waals surface area contributed by atoms with Crippen LogP contribution in [-0.2, 0) is 10.2 Å². The van der Waals surface area contributed by atoms with Gasteiger partial charge in [0.25, 0.3) is 0 Å². The monoisotopic (exact) mass is 354 g/mol. The third kappa shape index (κ3) is 2.96. The van der Waals surface area contributed by atoms with E-state index in [1.54, 1.807) is 0 Å². The van der Waals surface area contributed by atoms with Gasteiger partial charge in [-0.3, -0.25) is 4.79 Å². The van der Waals surface area contributed by atoms with Crippen LogP contribution in [-0.4, -0.2) is 30.4 Å². The Kier molecular flexibility index (Phi) is 4.30. The van der Waals surface area contributed by atoms with Crippen molar-refractivity contribution in [1.29, 1.82) is 0 Å².